The van der Waals surface area contributed by atoms with Crippen molar-refractivity contribution in [2.24, 2.45) is 0 Å². The normalized spacial score (nSPS) is 14.1. The quantitative estimate of drug-likeness (QED) is 0.472. The third kappa shape index (κ3) is 3.16. The van der Waals surface area contributed by atoms with E-state index in [1.54, 1.807) is 24.7 Å². The molecule has 1 saturated heterocycles. The number of pyridine rings is 2. The molecule has 1 fully saturated rings. The van der Waals surface area contributed by atoms with Crippen LogP contribution in [0.15, 0.2) is 47.7 Å². The van der Waals surface area contributed by atoms with E-state index in [4.69, 9.17) is 16.3 Å². The molecule has 0 bridgehead atoms. The van der Waals surface area contributed by atoms with Gasteiger partial charge in [-0.25, -0.2) is 14.4 Å². The lowest BCUT2D eigenvalue weighted by Crippen LogP contribution is -2.29. The highest BCUT2D eigenvalue weighted by atomic mass is 35.5. The van der Waals surface area contributed by atoms with Gasteiger partial charge in [0.25, 0.3) is 5.56 Å². The SMILES string of the molecule is O=c1[nH]c(C2COC2)c(Nc2ccnc3[nH]cnc23)cc1-c1cc(Cl)ccc1F. The minimum atomic E-state index is -0.524. The molecule has 0 atom stereocenters. The smallest absolute Gasteiger partial charge is 0.256 e. The molecule has 0 radical (unpaired) electrons. The number of hydrogen-bond acceptors (Lipinski definition) is 5. The molecule has 4 aromatic rings. The van der Waals surface area contributed by atoms with E-state index in [9.17, 15) is 9.18 Å². The Morgan fingerprint density at radius 1 is 1.14 bits per heavy atom. The fraction of sp³-hybridized carbons (Fsp3) is 0.150. The second-order valence-electron chi connectivity index (χ2n) is 6.78. The molecule has 1 aliphatic heterocycles. The lowest BCUT2D eigenvalue weighted by atomic mass is 9.98. The van der Waals surface area contributed by atoms with E-state index in [-0.39, 0.29) is 17.0 Å². The molecule has 0 amide bonds. The Hall–Kier alpha value is -3.23. The van der Waals surface area contributed by atoms with Crippen LogP contribution in [0.1, 0.15) is 11.6 Å². The summed E-state index contributed by atoms with van der Waals surface area (Å²) >= 11 is 6.03. The zero-order valence-electron chi connectivity index (χ0n) is 15.0. The topological polar surface area (TPSA) is 95.7 Å². The Bertz CT molecular complexity index is 1280. The second-order valence-corrected chi connectivity index (χ2v) is 7.22. The fourth-order valence-electron chi connectivity index (χ4n) is 3.37. The Kier molecular flexibility index (Phi) is 4.30. The second kappa shape index (κ2) is 6.98. The highest BCUT2D eigenvalue weighted by molar-refractivity contribution is 6.30. The third-order valence-electron chi connectivity index (χ3n) is 4.93. The average molecular weight is 412 g/mol. The highest BCUT2D eigenvalue weighted by Crippen LogP contribution is 2.34. The van der Waals surface area contributed by atoms with Gasteiger partial charge in [0.15, 0.2) is 5.65 Å². The molecule has 4 heterocycles. The van der Waals surface area contributed by atoms with Crippen LogP contribution in [0.25, 0.3) is 22.3 Å². The largest absolute Gasteiger partial charge is 0.380 e. The number of anilines is 2. The van der Waals surface area contributed by atoms with Crippen LogP contribution in [0.2, 0.25) is 5.02 Å². The molecular formula is C20H15ClFN5O2. The van der Waals surface area contributed by atoms with Gasteiger partial charge in [0.1, 0.15) is 11.3 Å². The minimum Gasteiger partial charge on any atom is -0.380 e. The van der Waals surface area contributed by atoms with Gasteiger partial charge in [0, 0.05) is 28.4 Å². The number of benzene rings is 1. The van der Waals surface area contributed by atoms with Gasteiger partial charge in [0.05, 0.1) is 36.5 Å². The number of hydrogen-bond donors (Lipinski definition) is 3. The molecule has 5 rings (SSSR count). The summed E-state index contributed by atoms with van der Waals surface area (Å²) in [5.41, 5.74) is 3.28. The number of nitrogens with zero attached hydrogens (tertiary/aromatic N) is 2. The predicted molar refractivity (Wildman–Crippen MR) is 108 cm³/mol. The van der Waals surface area contributed by atoms with Crippen LogP contribution < -0.4 is 10.9 Å². The maximum absolute atomic E-state index is 14.4. The zero-order chi connectivity index (χ0) is 20.0. The maximum atomic E-state index is 14.4. The van der Waals surface area contributed by atoms with Crippen LogP contribution in [0.4, 0.5) is 15.8 Å². The number of halogens is 2. The van der Waals surface area contributed by atoms with Crippen molar-refractivity contribution in [3.8, 4) is 11.1 Å². The number of nitrogens with one attached hydrogen (secondary N) is 3. The molecule has 0 spiro atoms. The lowest BCUT2D eigenvalue weighted by molar-refractivity contribution is 0.00695. The average Bonchev–Trinajstić information content (AvgIpc) is 3.14. The molecule has 1 aromatic carbocycles. The summed E-state index contributed by atoms with van der Waals surface area (Å²) in [5.74, 6) is -0.482. The van der Waals surface area contributed by atoms with Crippen molar-refractivity contribution in [3.63, 3.8) is 0 Å². The summed E-state index contributed by atoms with van der Waals surface area (Å²) in [6, 6.07) is 7.55. The van der Waals surface area contributed by atoms with Crippen LogP contribution in [0.3, 0.4) is 0 Å². The van der Waals surface area contributed by atoms with E-state index in [2.05, 4.69) is 25.3 Å². The summed E-state index contributed by atoms with van der Waals surface area (Å²) in [5, 5.41) is 3.67. The Morgan fingerprint density at radius 2 is 2.00 bits per heavy atom. The first-order chi connectivity index (χ1) is 14.1. The van der Waals surface area contributed by atoms with Gasteiger partial charge in [-0.15, -0.1) is 0 Å². The summed E-state index contributed by atoms with van der Waals surface area (Å²) in [7, 11) is 0. The number of imidazole rings is 1. The van der Waals surface area contributed by atoms with Gasteiger partial charge < -0.3 is 20.0 Å². The van der Waals surface area contributed by atoms with E-state index in [0.29, 0.717) is 46.5 Å². The standard InChI is InChI=1S/C20H15ClFN5O2/c21-11-1-2-14(22)12(5-11)13-6-16(17(27-20(13)28)10-7-29-8-10)26-15-3-4-23-19-18(15)24-9-25-19/h1-6,9-10H,7-8H2,(H,27,28)(H2,23,24,25,26). The number of H-pyrrole nitrogens is 2. The van der Waals surface area contributed by atoms with E-state index in [1.165, 1.54) is 18.2 Å². The highest BCUT2D eigenvalue weighted by Gasteiger charge is 2.26. The first kappa shape index (κ1) is 17.8. The first-order valence-electron chi connectivity index (χ1n) is 8.95. The third-order valence-corrected chi connectivity index (χ3v) is 5.16. The summed E-state index contributed by atoms with van der Waals surface area (Å²) in [4.78, 5) is 27.1. The number of fused-ring (bicyclic) bond motifs is 1. The van der Waals surface area contributed by atoms with E-state index >= 15 is 0 Å². The first-order valence-corrected chi connectivity index (χ1v) is 9.33. The molecule has 9 heteroatoms. The Labute approximate surface area is 168 Å². The van der Waals surface area contributed by atoms with E-state index in [0.717, 1.165) is 0 Å². The Balaban J connectivity index is 1.67. The molecule has 146 valence electrons. The van der Waals surface area contributed by atoms with Crippen molar-refractivity contribution >= 4 is 34.1 Å². The van der Waals surface area contributed by atoms with Crippen molar-refractivity contribution < 1.29 is 9.13 Å². The number of aromatic amines is 2. The number of aromatic nitrogens is 4. The van der Waals surface area contributed by atoms with Gasteiger partial charge >= 0.3 is 0 Å². The fourth-order valence-corrected chi connectivity index (χ4v) is 3.54. The van der Waals surface area contributed by atoms with Crippen molar-refractivity contribution in [3.05, 3.63) is 69.7 Å². The van der Waals surface area contributed by atoms with Crippen LogP contribution in [-0.2, 0) is 4.74 Å². The summed E-state index contributed by atoms with van der Waals surface area (Å²) in [6.07, 6.45) is 3.21. The van der Waals surface area contributed by atoms with Crippen molar-refractivity contribution in [1.29, 1.82) is 0 Å². The zero-order valence-corrected chi connectivity index (χ0v) is 15.8. The van der Waals surface area contributed by atoms with Crippen molar-refractivity contribution in [1.82, 2.24) is 19.9 Å². The minimum absolute atomic E-state index is 0.0416. The van der Waals surface area contributed by atoms with Crippen LogP contribution in [0.5, 0.6) is 0 Å². The molecule has 3 aromatic heterocycles. The summed E-state index contributed by atoms with van der Waals surface area (Å²) < 4.78 is 19.7. The van der Waals surface area contributed by atoms with Gasteiger partial charge in [-0.2, -0.15) is 0 Å². The maximum Gasteiger partial charge on any atom is 0.256 e. The number of ether oxygens (including phenoxy) is 1. The van der Waals surface area contributed by atoms with Crippen LogP contribution >= 0.6 is 11.6 Å². The molecule has 7 nitrogen and oxygen atoms in total. The van der Waals surface area contributed by atoms with Gasteiger partial charge in [-0.3, -0.25) is 4.79 Å². The van der Waals surface area contributed by atoms with Crippen LogP contribution in [-0.4, -0.2) is 33.1 Å². The van der Waals surface area contributed by atoms with Gasteiger partial charge in [-0.05, 0) is 30.3 Å². The number of rotatable bonds is 4. The van der Waals surface area contributed by atoms with Gasteiger partial charge in [0.2, 0.25) is 0 Å². The molecule has 0 aliphatic carbocycles. The Morgan fingerprint density at radius 3 is 2.79 bits per heavy atom. The van der Waals surface area contributed by atoms with Crippen molar-refractivity contribution in [2.75, 3.05) is 18.5 Å². The predicted octanol–water partition coefficient (Wildman–Crippen LogP) is 3.96. The lowest BCUT2D eigenvalue weighted by Gasteiger charge is -2.28. The van der Waals surface area contributed by atoms with E-state index < -0.39 is 11.4 Å². The molecule has 29 heavy (non-hydrogen) atoms. The monoisotopic (exact) mass is 411 g/mol. The molecule has 0 saturated carbocycles. The van der Waals surface area contributed by atoms with E-state index in [1.807, 2.05) is 0 Å². The molecule has 1 aliphatic rings. The molecular weight excluding hydrogens is 397 g/mol. The summed E-state index contributed by atoms with van der Waals surface area (Å²) in [6.45, 7) is 1.01. The molecule has 0 unspecified atom stereocenters. The van der Waals surface area contributed by atoms with Crippen LogP contribution in [0, 0.1) is 5.82 Å². The van der Waals surface area contributed by atoms with Crippen molar-refractivity contribution in [2.45, 2.75) is 5.92 Å². The van der Waals surface area contributed by atoms with Gasteiger partial charge in [-0.1, -0.05) is 11.6 Å². The molecule has 3 N–H and O–H groups in total.